The van der Waals surface area contributed by atoms with Gasteiger partial charge in [-0.25, -0.2) is 0 Å². The van der Waals surface area contributed by atoms with Crippen molar-refractivity contribution in [3.05, 3.63) is 29.8 Å². The van der Waals surface area contributed by atoms with Gasteiger partial charge in [-0.3, -0.25) is 9.59 Å². The highest BCUT2D eigenvalue weighted by atomic mass is 16.5. The molecule has 2 saturated carbocycles. The maximum Gasteiger partial charge on any atom is 0.306 e. The number of carbonyl (C=O) groups excluding carboxylic acids is 1. The van der Waals surface area contributed by atoms with Crippen LogP contribution in [-0.2, 0) is 16.0 Å². The Labute approximate surface area is 148 Å². The fourth-order valence-electron chi connectivity index (χ4n) is 3.87. The largest absolute Gasteiger partial charge is 0.490 e. The first-order valence-corrected chi connectivity index (χ1v) is 9.38. The molecule has 0 aromatic heterocycles. The third-order valence-corrected chi connectivity index (χ3v) is 5.29. The van der Waals surface area contributed by atoms with Crippen LogP contribution in [-0.4, -0.2) is 29.1 Å². The smallest absolute Gasteiger partial charge is 0.306 e. The van der Waals surface area contributed by atoms with Gasteiger partial charge >= 0.3 is 5.97 Å². The Hall–Kier alpha value is -2.04. The van der Waals surface area contributed by atoms with Crippen molar-refractivity contribution in [2.45, 2.75) is 69.9 Å². The molecule has 2 aliphatic carbocycles. The zero-order chi connectivity index (χ0) is 17.6. The van der Waals surface area contributed by atoms with E-state index in [1.54, 1.807) is 0 Å². The zero-order valence-corrected chi connectivity index (χ0v) is 14.6. The Balaban J connectivity index is 1.43. The molecule has 1 amide bonds. The van der Waals surface area contributed by atoms with Gasteiger partial charge in [0.15, 0.2) is 0 Å². The SMILES string of the molecule is O=C(CCc1cccc(OC2CCCC2)c1)N[C@H]1CC[C@@H](C(=O)O)C1. The van der Waals surface area contributed by atoms with Crippen LogP contribution in [0.1, 0.15) is 56.9 Å². The molecule has 2 atom stereocenters. The molecular weight excluding hydrogens is 318 g/mol. The number of hydrogen-bond acceptors (Lipinski definition) is 3. The number of benzene rings is 1. The molecule has 3 rings (SSSR count). The molecule has 1 aromatic carbocycles. The lowest BCUT2D eigenvalue weighted by molar-refractivity contribution is -0.141. The molecule has 25 heavy (non-hydrogen) atoms. The van der Waals surface area contributed by atoms with Gasteiger partial charge in [0.2, 0.25) is 5.91 Å². The van der Waals surface area contributed by atoms with Crippen LogP contribution in [0.25, 0.3) is 0 Å². The van der Waals surface area contributed by atoms with Crippen molar-refractivity contribution in [2.75, 3.05) is 0 Å². The standard InChI is InChI=1S/C20H27NO4/c22-19(21-16-10-9-15(13-16)20(23)24)11-8-14-4-3-7-18(12-14)25-17-5-1-2-6-17/h3-4,7,12,15-17H,1-2,5-6,8-11,13H2,(H,21,22)(H,23,24)/t15-,16+/m1/s1. The summed E-state index contributed by atoms with van der Waals surface area (Å²) >= 11 is 0. The highest BCUT2D eigenvalue weighted by molar-refractivity contribution is 5.77. The van der Waals surface area contributed by atoms with E-state index in [2.05, 4.69) is 5.32 Å². The minimum Gasteiger partial charge on any atom is -0.490 e. The predicted molar refractivity (Wildman–Crippen MR) is 94.6 cm³/mol. The molecule has 5 heteroatoms. The second kappa shape index (κ2) is 8.37. The average molecular weight is 345 g/mol. The van der Waals surface area contributed by atoms with Crippen molar-refractivity contribution < 1.29 is 19.4 Å². The fraction of sp³-hybridized carbons (Fsp3) is 0.600. The van der Waals surface area contributed by atoms with Crippen LogP contribution in [0.5, 0.6) is 5.75 Å². The summed E-state index contributed by atoms with van der Waals surface area (Å²) in [4.78, 5) is 23.1. The van der Waals surface area contributed by atoms with Crippen LogP contribution < -0.4 is 10.1 Å². The molecular formula is C20H27NO4. The number of ether oxygens (including phenoxy) is 1. The van der Waals surface area contributed by atoms with E-state index in [1.807, 2.05) is 24.3 Å². The van der Waals surface area contributed by atoms with Crippen molar-refractivity contribution >= 4 is 11.9 Å². The minimum atomic E-state index is -0.754. The van der Waals surface area contributed by atoms with E-state index in [-0.39, 0.29) is 17.9 Å². The summed E-state index contributed by atoms with van der Waals surface area (Å²) in [5.41, 5.74) is 1.10. The van der Waals surface area contributed by atoms with Gasteiger partial charge < -0.3 is 15.2 Å². The second-order valence-corrected chi connectivity index (χ2v) is 7.28. The van der Waals surface area contributed by atoms with Crippen molar-refractivity contribution in [3.63, 3.8) is 0 Å². The van der Waals surface area contributed by atoms with Gasteiger partial charge in [0.25, 0.3) is 0 Å². The lowest BCUT2D eigenvalue weighted by Crippen LogP contribution is -2.33. The molecule has 0 spiro atoms. The number of aryl methyl sites for hydroxylation is 1. The molecule has 2 aliphatic rings. The van der Waals surface area contributed by atoms with E-state index in [1.165, 1.54) is 12.8 Å². The highest BCUT2D eigenvalue weighted by Crippen LogP contribution is 2.26. The normalized spacial score (nSPS) is 23.5. The molecule has 136 valence electrons. The Morgan fingerprint density at radius 2 is 1.96 bits per heavy atom. The van der Waals surface area contributed by atoms with E-state index in [4.69, 9.17) is 9.84 Å². The Bertz CT molecular complexity index is 609. The predicted octanol–water partition coefficient (Wildman–Crippen LogP) is 3.31. The van der Waals surface area contributed by atoms with Crippen molar-refractivity contribution in [1.82, 2.24) is 5.32 Å². The molecule has 0 unspecified atom stereocenters. The van der Waals surface area contributed by atoms with E-state index in [9.17, 15) is 9.59 Å². The first-order chi connectivity index (χ1) is 12.1. The quantitative estimate of drug-likeness (QED) is 0.795. The van der Waals surface area contributed by atoms with Gasteiger partial charge in [-0.1, -0.05) is 12.1 Å². The van der Waals surface area contributed by atoms with Crippen LogP contribution in [0.3, 0.4) is 0 Å². The Morgan fingerprint density at radius 1 is 1.16 bits per heavy atom. The summed E-state index contributed by atoms with van der Waals surface area (Å²) in [5.74, 6) is -0.173. The third kappa shape index (κ3) is 5.21. The maximum atomic E-state index is 12.1. The molecule has 0 bridgehead atoms. The Kier molecular flexibility index (Phi) is 5.95. The summed E-state index contributed by atoms with van der Waals surface area (Å²) in [7, 11) is 0. The monoisotopic (exact) mass is 345 g/mol. The molecule has 0 aliphatic heterocycles. The van der Waals surface area contributed by atoms with Gasteiger partial charge in [-0.15, -0.1) is 0 Å². The van der Waals surface area contributed by atoms with E-state index in [0.29, 0.717) is 31.8 Å². The van der Waals surface area contributed by atoms with Crippen molar-refractivity contribution in [3.8, 4) is 5.75 Å². The number of carbonyl (C=O) groups is 2. The summed E-state index contributed by atoms with van der Waals surface area (Å²) in [5, 5.41) is 12.0. The summed E-state index contributed by atoms with van der Waals surface area (Å²) in [6.45, 7) is 0. The summed E-state index contributed by atoms with van der Waals surface area (Å²) in [6, 6.07) is 8.01. The van der Waals surface area contributed by atoms with Crippen LogP contribution in [0.15, 0.2) is 24.3 Å². The number of carboxylic acid groups (broad SMARTS) is 1. The Morgan fingerprint density at radius 3 is 2.68 bits per heavy atom. The van der Waals surface area contributed by atoms with Crippen molar-refractivity contribution in [2.24, 2.45) is 5.92 Å². The number of carboxylic acids is 1. The van der Waals surface area contributed by atoms with Crippen LogP contribution in [0.4, 0.5) is 0 Å². The number of nitrogens with one attached hydrogen (secondary N) is 1. The summed E-state index contributed by atoms with van der Waals surface area (Å²) < 4.78 is 6.01. The highest BCUT2D eigenvalue weighted by Gasteiger charge is 2.30. The molecule has 2 fully saturated rings. The molecule has 2 N–H and O–H groups in total. The zero-order valence-electron chi connectivity index (χ0n) is 14.6. The van der Waals surface area contributed by atoms with Crippen LogP contribution in [0.2, 0.25) is 0 Å². The van der Waals surface area contributed by atoms with E-state index in [0.717, 1.165) is 30.6 Å². The number of amides is 1. The van der Waals surface area contributed by atoms with Gasteiger partial charge in [0.05, 0.1) is 12.0 Å². The van der Waals surface area contributed by atoms with Crippen LogP contribution >= 0.6 is 0 Å². The first-order valence-electron chi connectivity index (χ1n) is 9.38. The summed E-state index contributed by atoms with van der Waals surface area (Å²) in [6.07, 6.45) is 8.13. The van der Waals surface area contributed by atoms with Gasteiger partial charge in [0.1, 0.15) is 5.75 Å². The molecule has 0 saturated heterocycles. The number of hydrogen-bond donors (Lipinski definition) is 2. The lowest BCUT2D eigenvalue weighted by Gasteiger charge is -2.14. The first kappa shape index (κ1) is 17.8. The second-order valence-electron chi connectivity index (χ2n) is 7.28. The van der Waals surface area contributed by atoms with E-state index >= 15 is 0 Å². The average Bonchev–Trinajstić information content (AvgIpc) is 3.25. The van der Waals surface area contributed by atoms with E-state index < -0.39 is 5.97 Å². The molecule has 0 radical (unpaired) electrons. The van der Waals surface area contributed by atoms with Gasteiger partial charge in [-0.2, -0.15) is 0 Å². The maximum absolute atomic E-state index is 12.1. The lowest BCUT2D eigenvalue weighted by atomic mass is 10.1. The molecule has 5 nitrogen and oxygen atoms in total. The third-order valence-electron chi connectivity index (χ3n) is 5.29. The van der Waals surface area contributed by atoms with Gasteiger partial charge in [0, 0.05) is 12.5 Å². The molecule has 0 heterocycles. The topological polar surface area (TPSA) is 75.6 Å². The minimum absolute atomic E-state index is 0.00171. The van der Waals surface area contributed by atoms with Crippen LogP contribution in [0, 0.1) is 5.92 Å². The van der Waals surface area contributed by atoms with Crippen molar-refractivity contribution in [1.29, 1.82) is 0 Å². The van der Waals surface area contributed by atoms with Gasteiger partial charge in [-0.05, 0) is 69.1 Å². The number of rotatable bonds is 7. The fourth-order valence-corrected chi connectivity index (χ4v) is 3.87. The number of aliphatic carboxylic acids is 1. The molecule has 1 aromatic rings.